The van der Waals surface area contributed by atoms with E-state index in [1.807, 2.05) is 20.8 Å². The molecule has 1 aliphatic carbocycles. The van der Waals surface area contributed by atoms with Gasteiger partial charge in [0.25, 0.3) is 0 Å². The van der Waals surface area contributed by atoms with Crippen molar-refractivity contribution in [2.24, 2.45) is 17.3 Å². The number of urea groups is 1. The molecule has 0 bridgehead atoms. The molecule has 0 spiro atoms. The number of aliphatic carboxylic acids is 1. The van der Waals surface area contributed by atoms with E-state index in [-0.39, 0.29) is 29.3 Å². The molecule has 3 atom stereocenters. The van der Waals surface area contributed by atoms with Crippen LogP contribution in [0.3, 0.4) is 0 Å². The number of ether oxygens (including phenoxy) is 1. The van der Waals surface area contributed by atoms with E-state index in [2.05, 4.69) is 5.32 Å². The molecule has 1 saturated heterocycles. The van der Waals surface area contributed by atoms with Gasteiger partial charge in [-0.25, -0.2) is 4.79 Å². The first-order valence-corrected chi connectivity index (χ1v) is 7.70. The summed E-state index contributed by atoms with van der Waals surface area (Å²) in [4.78, 5) is 25.4. The molecule has 120 valence electrons. The van der Waals surface area contributed by atoms with Gasteiger partial charge in [0.2, 0.25) is 0 Å². The Hall–Kier alpha value is -1.30. The largest absolute Gasteiger partial charge is 0.481 e. The summed E-state index contributed by atoms with van der Waals surface area (Å²) in [5.41, 5.74) is -0.326. The van der Waals surface area contributed by atoms with E-state index in [0.29, 0.717) is 32.7 Å². The molecule has 0 aromatic carbocycles. The molecule has 2 fully saturated rings. The third kappa shape index (κ3) is 3.31. The van der Waals surface area contributed by atoms with E-state index in [1.165, 1.54) is 0 Å². The zero-order valence-electron chi connectivity index (χ0n) is 13.1. The second-order valence-corrected chi connectivity index (χ2v) is 6.73. The average Bonchev–Trinajstić information content (AvgIpc) is 2.44. The van der Waals surface area contributed by atoms with Crippen LogP contribution in [0.1, 0.15) is 33.6 Å². The zero-order chi connectivity index (χ0) is 15.6. The maximum Gasteiger partial charge on any atom is 0.317 e. The quantitative estimate of drug-likeness (QED) is 0.811. The van der Waals surface area contributed by atoms with Crippen molar-refractivity contribution in [3.8, 4) is 0 Å². The molecule has 0 aromatic heterocycles. The van der Waals surface area contributed by atoms with E-state index in [9.17, 15) is 14.7 Å². The maximum atomic E-state index is 12.3. The Morgan fingerprint density at radius 2 is 1.86 bits per heavy atom. The number of carbonyl (C=O) groups is 2. The van der Waals surface area contributed by atoms with Gasteiger partial charge in [-0.3, -0.25) is 4.79 Å². The first-order chi connectivity index (χ1) is 9.84. The number of nitrogens with zero attached hydrogens (tertiary/aromatic N) is 1. The summed E-state index contributed by atoms with van der Waals surface area (Å²) >= 11 is 0. The molecule has 0 aromatic rings. The van der Waals surface area contributed by atoms with Gasteiger partial charge in [-0.1, -0.05) is 20.8 Å². The average molecular weight is 298 g/mol. The van der Waals surface area contributed by atoms with E-state index >= 15 is 0 Å². The molecule has 2 N–H and O–H groups in total. The SMILES string of the molecule is CC1C(NC(=O)N2CCOCC2)CCC(C(=O)O)C1(C)C. The van der Waals surface area contributed by atoms with Crippen LogP contribution in [0, 0.1) is 17.3 Å². The monoisotopic (exact) mass is 298 g/mol. The van der Waals surface area contributed by atoms with Crippen molar-refractivity contribution in [1.82, 2.24) is 10.2 Å². The summed E-state index contributed by atoms with van der Waals surface area (Å²) in [6.07, 6.45) is 1.33. The second kappa shape index (κ2) is 6.22. The highest BCUT2D eigenvalue weighted by Gasteiger charge is 2.46. The van der Waals surface area contributed by atoms with Crippen LogP contribution in [0.15, 0.2) is 0 Å². The van der Waals surface area contributed by atoms with Gasteiger partial charge in [0, 0.05) is 19.1 Å². The van der Waals surface area contributed by atoms with Gasteiger partial charge in [0.05, 0.1) is 19.1 Å². The van der Waals surface area contributed by atoms with Crippen molar-refractivity contribution < 1.29 is 19.4 Å². The number of morpholine rings is 1. The minimum atomic E-state index is -0.732. The van der Waals surface area contributed by atoms with Gasteiger partial charge in [0.1, 0.15) is 0 Å². The fraction of sp³-hybridized carbons (Fsp3) is 0.867. The molecule has 21 heavy (non-hydrogen) atoms. The van der Waals surface area contributed by atoms with Gasteiger partial charge in [0.15, 0.2) is 0 Å². The number of carbonyl (C=O) groups excluding carboxylic acids is 1. The first-order valence-electron chi connectivity index (χ1n) is 7.70. The minimum absolute atomic E-state index is 0.0333. The number of hydrogen-bond donors (Lipinski definition) is 2. The van der Waals surface area contributed by atoms with E-state index in [4.69, 9.17) is 4.74 Å². The molecule has 3 unspecified atom stereocenters. The summed E-state index contributed by atoms with van der Waals surface area (Å²) in [5, 5.41) is 12.4. The number of carboxylic acid groups (broad SMARTS) is 1. The lowest BCUT2D eigenvalue weighted by atomic mass is 9.61. The molecule has 1 aliphatic heterocycles. The first kappa shape index (κ1) is 16.1. The molecule has 2 rings (SSSR count). The summed E-state index contributed by atoms with van der Waals surface area (Å²) in [5.74, 6) is -0.953. The number of nitrogens with one attached hydrogen (secondary N) is 1. The van der Waals surface area contributed by atoms with Crippen molar-refractivity contribution in [1.29, 1.82) is 0 Å². The van der Waals surface area contributed by atoms with Crippen LogP contribution in [0.5, 0.6) is 0 Å². The van der Waals surface area contributed by atoms with Crippen LogP contribution >= 0.6 is 0 Å². The third-order valence-corrected chi connectivity index (χ3v) is 5.35. The van der Waals surface area contributed by atoms with Crippen molar-refractivity contribution in [3.63, 3.8) is 0 Å². The number of rotatable bonds is 2. The van der Waals surface area contributed by atoms with Crippen molar-refractivity contribution in [2.75, 3.05) is 26.3 Å². The maximum absolute atomic E-state index is 12.3. The standard InChI is InChI=1S/C15H26N2O4/c1-10-12(5-4-11(13(18)19)15(10,2)3)16-14(20)17-6-8-21-9-7-17/h10-12H,4-9H2,1-3H3,(H,16,20)(H,18,19). The van der Waals surface area contributed by atoms with E-state index in [0.717, 1.165) is 6.42 Å². The second-order valence-electron chi connectivity index (χ2n) is 6.73. The fourth-order valence-corrected chi connectivity index (χ4v) is 3.46. The smallest absolute Gasteiger partial charge is 0.317 e. The minimum Gasteiger partial charge on any atom is -0.481 e. The molecule has 1 heterocycles. The number of amides is 2. The third-order valence-electron chi connectivity index (χ3n) is 5.35. The Kier molecular flexibility index (Phi) is 4.76. The van der Waals surface area contributed by atoms with Crippen LogP contribution in [-0.2, 0) is 9.53 Å². The zero-order valence-corrected chi connectivity index (χ0v) is 13.1. The van der Waals surface area contributed by atoms with E-state index < -0.39 is 5.97 Å². The van der Waals surface area contributed by atoms with Crippen molar-refractivity contribution in [3.05, 3.63) is 0 Å². The Morgan fingerprint density at radius 1 is 1.24 bits per heavy atom. The topological polar surface area (TPSA) is 78.9 Å². The van der Waals surface area contributed by atoms with Gasteiger partial charge in [-0.2, -0.15) is 0 Å². The molecular weight excluding hydrogens is 272 g/mol. The molecule has 6 nitrogen and oxygen atoms in total. The molecule has 2 amide bonds. The number of hydrogen-bond acceptors (Lipinski definition) is 3. The molecule has 2 aliphatic rings. The Bertz CT molecular complexity index is 404. The summed E-state index contributed by atoms with van der Waals surface area (Å²) < 4.78 is 5.25. The highest BCUT2D eigenvalue weighted by atomic mass is 16.5. The van der Waals surface area contributed by atoms with Crippen LogP contribution in [-0.4, -0.2) is 54.4 Å². The highest BCUT2D eigenvalue weighted by molar-refractivity contribution is 5.75. The predicted octanol–water partition coefficient (Wildman–Crippen LogP) is 1.55. The summed E-state index contributed by atoms with van der Waals surface area (Å²) in [6, 6.07) is -0.0225. The van der Waals surface area contributed by atoms with Gasteiger partial charge >= 0.3 is 12.0 Å². The Balaban J connectivity index is 1.98. The lowest BCUT2D eigenvalue weighted by Crippen LogP contribution is -2.56. The number of carboxylic acids is 1. The Morgan fingerprint density at radius 3 is 2.43 bits per heavy atom. The lowest BCUT2D eigenvalue weighted by Gasteiger charge is -2.46. The van der Waals surface area contributed by atoms with Crippen LogP contribution in [0.25, 0.3) is 0 Å². The van der Waals surface area contributed by atoms with Crippen molar-refractivity contribution in [2.45, 2.75) is 39.7 Å². The predicted molar refractivity (Wildman–Crippen MR) is 78.0 cm³/mol. The lowest BCUT2D eigenvalue weighted by molar-refractivity contribution is -0.150. The normalized spacial score (nSPS) is 32.5. The van der Waals surface area contributed by atoms with Gasteiger partial charge < -0.3 is 20.1 Å². The summed E-state index contributed by atoms with van der Waals surface area (Å²) in [7, 11) is 0. The van der Waals surface area contributed by atoms with Gasteiger partial charge in [-0.05, 0) is 24.2 Å². The summed E-state index contributed by atoms with van der Waals surface area (Å²) in [6.45, 7) is 8.43. The molecular formula is C15H26N2O4. The van der Waals surface area contributed by atoms with Crippen molar-refractivity contribution >= 4 is 12.0 Å². The molecule has 6 heteroatoms. The molecule has 1 saturated carbocycles. The Labute approximate surface area is 125 Å². The van der Waals surface area contributed by atoms with Crippen LogP contribution in [0.2, 0.25) is 0 Å². The van der Waals surface area contributed by atoms with Crippen LogP contribution in [0.4, 0.5) is 4.79 Å². The van der Waals surface area contributed by atoms with E-state index in [1.54, 1.807) is 4.90 Å². The fourth-order valence-electron chi connectivity index (χ4n) is 3.46. The molecule has 0 radical (unpaired) electrons. The highest BCUT2D eigenvalue weighted by Crippen LogP contribution is 2.45. The van der Waals surface area contributed by atoms with Gasteiger partial charge in [-0.15, -0.1) is 0 Å². The van der Waals surface area contributed by atoms with Crippen LogP contribution < -0.4 is 5.32 Å².